The van der Waals surface area contributed by atoms with E-state index < -0.39 is 17.3 Å². The summed E-state index contributed by atoms with van der Waals surface area (Å²) < 4.78 is 24.6. The fourth-order valence-electron chi connectivity index (χ4n) is 4.96. The van der Waals surface area contributed by atoms with Crippen LogP contribution in [0.4, 0.5) is 4.39 Å². The van der Waals surface area contributed by atoms with E-state index in [1.807, 2.05) is 0 Å². The summed E-state index contributed by atoms with van der Waals surface area (Å²) in [7, 11) is 0. The van der Waals surface area contributed by atoms with E-state index in [-0.39, 0.29) is 46.4 Å². The van der Waals surface area contributed by atoms with E-state index in [0.29, 0.717) is 35.3 Å². The molecule has 2 amide bonds. The van der Waals surface area contributed by atoms with Crippen LogP contribution in [-0.4, -0.2) is 30.0 Å². The molecule has 1 heterocycles. The molecule has 2 bridgehead atoms. The van der Waals surface area contributed by atoms with Gasteiger partial charge >= 0.3 is 0 Å². The van der Waals surface area contributed by atoms with E-state index in [2.05, 4.69) is 10.6 Å². The molecule has 3 aromatic rings. The van der Waals surface area contributed by atoms with Crippen LogP contribution in [0.1, 0.15) is 35.4 Å². The summed E-state index contributed by atoms with van der Waals surface area (Å²) in [6.07, 6.45) is 1.97. The molecule has 3 fully saturated rings. The number of rotatable bonds is 6. The van der Waals surface area contributed by atoms with Crippen LogP contribution in [0.3, 0.4) is 0 Å². The van der Waals surface area contributed by atoms with Gasteiger partial charge in [-0.3, -0.25) is 14.4 Å². The van der Waals surface area contributed by atoms with Crippen LogP contribution in [0.15, 0.2) is 45.6 Å². The number of ether oxygens (including phenoxy) is 1. The van der Waals surface area contributed by atoms with Gasteiger partial charge < -0.3 is 19.8 Å². The number of hydrogen-bond acceptors (Lipinski definition) is 5. The minimum Gasteiger partial charge on any atom is -0.484 e. The Kier molecular flexibility index (Phi) is 5.97. The van der Waals surface area contributed by atoms with Gasteiger partial charge in [-0.25, -0.2) is 4.39 Å². The van der Waals surface area contributed by atoms with Crippen molar-refractivity contribution in [3.05, 3.63) is 73.8 Å². The molecule has 3 aliphatic rings. The Labute approximate surface area is 209 Å². The highest BCUT2D eigenvalue weighted by Gasteiger charge is 2.57. The summed E-state index contributed by atoms with van der Waals surface area (Å²) in [6, 6.07) is 8.17. The van der Waals surface area contributed by atoms with Crippen molar-refractivity contribution in [2.24, 2.45) is 5.92 Å². The lowest BCUT2D eigenvalue weighted by atomic mass is 9.76. The Morgan fingerprint density at radius 3 is 2.66 bits per heavy atom. The average molecular weight is 519 g/mol. The van der Waals surface area contributed by atoms with Gasteiger partial charge in [-0.1, -0.05) is 23.2 Å². The molecule has 2 aromatic carbocycles. The normalized spacial score (nSPS) is 22.5. The number of fused-ring (bicyclic) bond motifs is 2. The molecule has 35 heavy (non-hydrogen) atoms. The van der Waals surface area contributed by atoms with Crippen LogP contribution in [-0.2, 0) is 4.79 Å². The largest absolute Gasteiger partial charge is 0.484 e. The molecule has 7 nitrogen and oxygen atoms in total. The van der Waals surface area contributed by atoms with Crippen molar-refractivity contribution in [3.8, 4) is 5.75 Å². The van der Waals surface area contributed by atoms with E-state index in [9.17, 15) is 18.8 Å². The monoisotopic (exact) mass is 518 g/mol. The van der Waals surface area contributed by atoms with E-state index in [0.717, 1.165) is 11.6 Å². The standard InChI is InChI=1S/C25H21Cl2FN2O5/c1-12-4-21-15(6-17(12)27)20(31)7-22(35-21)24(33)30-25-8-13(9-25)19(10-25)29-23(32)11-34-14-2-3-16(26)18(28)5-14/h2-7,13,19H,8-11H2,1H3,(H,29,32)(H,30,33). The maximum Gasteiger partial charge on any atom is 0.287 e. The molecule has 6 rings (SSSR count). The van der Waals surface area contributed by atoms with Gasteiger partial charge in [0, 0.05) is 28.7 Å². The lowest BCUT2D eigenvalue weighted by Gasteiger charge is -2.38. The Morgan fingerprint density at radius 2 is 1.91 bits per heavy atom. The number of amides is 2. The Balaban J connectivity index is 1.19. The smallest absolute Gasteiger partial charge is 0.287 e. The van der Waals surface area contributed by atoms with Crippen molar-refractivity contribution in [2.75, 3.05) is 6.61 Å². The zero-order chi connectivity index (χ0) is 24.9. The minimum atomic E-state index is -0.625. The lowest BCUT2D eigenvalue weighted by Crippen LogP contribution is -2.52. The maximum atomic E-state index is 13.5. The molecular formula is C25H21Cl2FN2O5. The number of carbonyl (C=O) groups excluding carboxylic acids is 2. The highest BCUT2D eigenvalue weighted by molar-refractivity contribution is 6.32. The van der Waals surface area contributed by atoms with Gasteiger partial charge in [-0.2, -0.15) is 0 Å². The highest BCUT2D eigenvalue weighted by atomic mass is 35.5. The molecule has 2 N–H and O–H groups in total. The summed E-state index contributed by atoms with van der Waals surface area (Å²) in [6.45, 7) is 1.52. The summed E-state index contributed by atoms with van der Waals surface area (Å²) in [5.74, 6) is -1.08. The Morgan fingerprint density at radius 1 is 1.14 bits per heavy atom. The zero-order valence-corrected chi connectivity index (χ0v) is 20.1. The summed E-state index contributed by atoms with van der Waals surface area (Å²) >= 11 is 11.7. The first kappa shape index (κ1) is 23.6. The third-order valence-corrected chi connectivity index (χ3v) is 7.42. The number of nitrogens with one attached hydrogen (secondary N) is 2. The topological polar surface area (TPSA) is 97.6 Å². The summed E-state index contributed by atoms with van der Waals surface area (Å²) in [5.41, 5.74) is 0.216. The van der Waals surface area contributed by atoms with E-state index >= 15 is 0 Å². The molecule has 3 saturated carbocycles. The molecule has 182 valence electrons. The van der Waals surface area contributed by atoms with E-state index in [1.165, 1.54) is 24.3 Å². The molecule has 0 radical (unpaired) electrons. The fraction of sp³-hybridized carbons (Fsp3) is 0.320. The Bertz CT molecular complexity index is 1420. The molecule has 10 heteroatoms. The predicted octanol–water partition coefficient (Wildman–Crippen LogP) is 4.39. The second kappa shape index (κ2) is 8.84. The number of aryl methyl sites for hydroxylation is 1. The fourth-order valence-corrected chi connectivity index (χ4v) is 5.24. The first-order chi connectivity index (χ1) is 16.6. The summed E-state index contributed by atoms with van der Waals surface area (Å²) in [4.78, 5) is 37.7. The maximum absolute atomic E-state index is 13.5. The molecule has 1 unspecified atom stereocenters. The summed E-state index contributed by atoms with van der Waals surface area (Å²) in [5, 5.41) is 6.66. The number of halogens is 3. The molecule has 1 aromatic heterocycles. The molecule has 0 aliphatic heterocycles. The number of benzene rings is 2. The molecule has 0 spiro atoms. The van der Waals surface area contributed by atoms with E-state index in [1.54, 1.807) is 13.0 Å². The SMILES string of the molecule is Cc1cc2oc(C(=O)NC34CC(C3)C(NC(=O)COc3ccc(Cl)c(F)c3)C4)cc(=O)c2cc1Cl. The van der Waals surface area contributed by atoms with Gasteiger partial charge in [0.25, 0.3) is 11.8 Å². The van der Waals surface area contributed by atoms with Gasteiger partial charge in [0.1, 0.15) is 17.1 Å². The average Bonchev–Trinajstić information content (AvgIpc) is 3.29. The first-order valence-electron chi connectivity index (χ1n) is 11.1. The second-order valence-electron chi connectivity index (χ2n) is 9.22. The molecule has 0 saturated heterocycles. The van der Waals surface area contributed by atoms with Crippen molar-refractivity contribution in [1.29, 1.82) is 0 Å². The molecule has 1 atom stereocenters. The highest BCUT2D eigenvalue weighted by Crippen LogP contribution is 2.52. The van der Waals surface area contributed by atoms with Crippen LogP contribution < -0.4 is 20.8 Å². The zero-order valence-electron chi connectivity index (χ0n) is 18.6. The van der Waals surface area contributed by atoms with Crippen molar-refractivity contribution in [1.82, 2.24) is 10.6 Å². The van der Waals surface area contributed by atoms with Crippen molar-refractivity contribution < 1.29 is 23.1 Å². The minimum absolute atomic E-state index is 0.0256. The van der Waals surface area contributed by atoms with Crippen LogP contribution in [0.5, 0.6) is 5.75 Å². The lowest BCUT2D eigenvalue weighted by molar-refractivity contribution is -0.124. The van der Waals surface area contributed by atoms with Crippen molar-refractivity contribution >= 4 is 46.0 Å². The van der Waals surface area contributed by atoms with Gasteiger partial charge in [0.2, 0.25) is 0 Å². The van der Waals surface area contributed by atoms with Crippen molar-refractivity contribution in [2.45, 2.75) is 37.8 Å². The second-order valence-corrected chi connectivity index (χ2v) is 10.0. The van der Waals surface area contributed by atoms with Crippen molar-refractivity contribution in [3.63, 3.8) is 0 Å². The third kappa shape index (κ3) is 4.60. The number of hydrogen-bond donors (Lipinski definition) is 2. The molecular weight excluding hydrogens is 498 g/mol. The van der Waals surface area contributed by atoms with Crippen LogP contribution >= 0.6 is 23.2 Å². The third-order valence-electron chi connectivity index (χ3n) is 6.70. The van der Waals surface area contributed by atoms with Crippen LogP contribution in [0, 0.1) is 18.7 Å². The van der Waals surface area contributed by atoms with Crippen LogP contribution in [0.2, 0.25) is 10.0 Å². The van der Waals surface area contributed by atoms with Crippen LogP contribution in [0.25, 0.3) is 11.0 Å². The predicted molar refractivity (Wildman–Crippen MR) is 129 cm³/mol. The van der Waals surface area contributed by atoms with Gasteiger partial charge in [-0.15, -0.1) is 0 Å². The van der Waals surface area contributed by atoms with Gasteiger partial charge in [-0.05, 0) is 61.9 Å². The first-order valence-corrected chi connectivity index (χ1v) is 11.8. The molecule has 3 aliphatic carbocycles. The van der Waals surface area contributed by atoms with E-state index in [4.69, 9.17) is 32.4 Å². The Hall–Kier alpha value is -3.10. The van der Waals surface area contributed by atoms with Gasteiger partial charge in [0.15, 0.2) is 17.8 Å². The van der Waals surface area contributed by atoms with Gasteiger partial charge in [0.05, 0.1) is 10.4 Å². The number of carbonyl (C=O) groups is 2. The quantitative estimate of drug-likeness (QED) is 0.504.